The summed E-state index contributed by atoms with van der Waals surface area (Å²) in [4.78, 5) is 29.6. The Bertz CT molecular complexity index is 829. The van der Waals surface area contributed by atoms with Crippen LogP contribution in [0.1, 0.15) is 43.7 Å². The molecule has 0 bridgehead atoms. The SMILES string of the molecule is Cc1cc(Br)c2c(c1)[C@@]1(O[C@H](CC(=O)N3CCC[C@H]3CO)C[C@@H]1C)C(=O)N2C. The van der Waals surface area contributed by atoms with Gasteiger partial charge in [-0.1, -0.05) is 13.0 Å². The third-order valence-corrected chi connectivity index (χ3v) is 7.14. The summed E-state index contributed by atoms with van der Waals surface area (Å²) in [5, 5.41) is 9.50. The fraction of sp³-hybridized carbons (Fsp3) is 0.619. The van der Waals surface area contributed by atoms with Gasteiger partial charge in [-0.3, -0.25) is 9.59 Å². The molecule has 2 saturated heterocycles. The maximum atomic E-state index is 13.3. The van der Waals surface area contributed by atoms with Gasteiger partial charge >= 0.3 is 0 Å². The van der Waals surface area contributed by atoms with Crippen LogP contribution in [0.2, 0.25) is 0 Å². The van der Waals surface area contributed by atoms with Crippen LogP contribution in [0.25, 0.3) is 0 Å². The van der Waals surface area contributed by atoms with E-state index in [2.05, 4.69) is 15.9 Å². The number of carbonyl (C=O) groups excluding carboxylic acids is 2. The van der Waals surface area contributed by atoms with E-state index in [1.165, 1.54) is 0 Å². The zero-order valence-electron chi connectivity index (χ0n) is 16.6. The lowest BCUT2D eigenvalue weighted by Crippen LogP contribution is -2.43. The number of likely N-dealkylation sites (tertiary alicyclic amines) is 1. The molecule has 1 N–H and O–H groups in total. The molecule has 0 radical (unpaired) electrons. The molecule has 28 heavy (non-hydrogen) atoms. The monoisotopic (exact) mass is 450 g/mol. The first kappa shape index (κ1) is 19.9. The molecule has 4 rings (SSSR count). The number of benzene rings is 1. The first-order chi connectivity index (χ1) is 13.3. The van der Waals surface area contributed by atoms with E-state index in [0.29, 0.717) is 13.0 Å². The molecule has 1 aromatic rings. The van der Waals surface area contributed by atoms with E-state index in [1.807, 2.05) is 26.0 Å². The number of carbonyl (C=O) groups is 2. The maximum absolute atomic E-state index is 13.3. The predicted octanol–water partition coefficient (Wildman–Crippen LogP) is 2.73. The van der Waals surface area contributed by atoms with Gasteiger partial charge in [-0.05, 0) is 53.7 Å². The van der Waals surface area contributed by atoms with E-state index in [1.54, 1.807) is 16.8 Å². The fourth-order valence-electron chi connectivity index (χ4n) is 5.19. The molecule has 3 aliphatic heterocycles. The lowest BCUT2D eigenvalue weighted by atomic mass is 9.82. The molecule has 3 heterocycles. The van der Waals surface area contributed by atoms with Crippen molar-refractivity contribution in [3.63, 3.8) is 0 Å². The van der Waals surface area contributed by atoms with Crippen molar-refractivity contribution >= 4 is 33.4 Å². The van der Waals surface area contributed by atoms with Crippen molar-refractivity contribution in [2.75, 3.05) is 25.1 Å². The van der Waals surface area contributed by atoms with E-state index >= 15 is 0 Å². The zero-order chi connectivity index (χ0) is 20.2. The Balaban J connectivity index is 1.61. The van der Waals surface area contributed by atoms with E-state index in [-0.39, 0.29) is 42.9 Å². The zero-order valence-corrected chi connectivity index (χ0v) is 18.2. The number of aliphatic hydroxyl groups is 1. The van der Waals surface area contributed by atoms with E-state index in [9.17, 15) is 14.7 Å². The summed E-state index contributed by atoms with van der Waals surface area (Å²) < 4.78 is 7.30. The van der Waals surface area contributed by atoms with Gasteiger partial charge in [0.15, 0.2) is 5.60 Å². The molecule has 0 aromatic heterocycles. The molecule has 1 aromatic carbocycles. The molecular weight excluding hydrogens is 424 g/mol. The number of hydrogen-bond acceptors (Lipinski definition) is 4. The second-order valence-corrected chi connectivity index (χ2v) is 9.24. The van der Waals surface area contributed by atoms with Crippen molar-refractivity contribution in [1.29, 1.82) is 0 Å². The molecule has 7 heteroatoms. The van der Waals surface area contributed by atoms with Crippen LogP contribution in [0.15, 0.2) is 16.6 Å². The highest BCUT2D eigenvalue weighted by molar-refractivity contribution is 9.10. The van der Waals surface area contributed by atoms with Crippen LogP contribution in [-0.2, 0) is 19.9 Å². The first-order valence-electron chi connectivity index (χ1n) is 9.96. The molecule has 152 valence electrons. The Kier molecular flexibility index (Phi) is 5.04. The third-order valence-electron chi connectivity index (χ3n) is 6.54. The first-order valence-corrected chi connectivity index (χ1v) is 10.8. The van der Waals surface area contributed by atoms with Crippen LogP contribution >= 0.6 is 15.9 Å². The van der Waals surface area contributed by atoms with Gasteiger partial charge in [-0.15, -0.1) is 0 Å². The summed E-state index contributed by atoms with van der Waals surface area (Å²) in [5.74, 6) is -0.0803. The van der Waals surface area contributed by atoms with E-state index in [0.717, 1.165) is 34.1 Å². The Morgan fingerprint density at radius 2 is 2.18 bits per heavy atom. The average molecular weight is 451 g/mol. The second kappa shape index (κ2) is 7.11. The number of rotatable bonds is 3. The molecule has 0 saturated carbocycles. The van der Waals surface area contributed by atoms with Gasteiger partial charge in [0.25, 0.3) is 5.91 Å². The number of anilines is 1. The van der Waals surface area contributed by atoms with Crippen molar-refractivity contribution in [2.45, 2.75) is 57.3 Å². The lowest BCUT2D eigenvalue weighted by Gasteiger charge is -2.28. The fourth-order valence-corrected chi connectivity index (χ4v) is 6.03. The number of fused-ring (bicyclic) bond motifs is 2. The van der Waals surface area contributed by atoms with E-state index < -0.39 is 5.60 Å². The summed E-state index contributed by atoms with van der Waals surface area (Å²) in [6, 6.07) is 3.95. The van der Waals surface area contributed by atoms with Crippen molar-refractivity contribution in [1.82, 2.24) is 4.90 Å². The van der Waals surface area contributed by atoms with Gasteiger partial charge in [0.05, 0.1) is 30.9 Å². The maximum Gasteiger partial charge on any atom is 0.264 e. The smallest absolute Gasteiger partial charge is 0.264 e. The largest absolute Gasteiger partial charge is 0.394 e. The second-order valence-electron chi connectivity index (χ2n) is 8.39. The molecule has 0 unspecified atom stereocenters. The molecular formula is C21H27BrN2O4. The van der Waals surface area contributed by atoms with Crippen molar-refractivity contribution in [2.24, 2.45) is 5.92 Å². The number of nitrogens with zero attached hydrogens (tertiary/aromatic N) is 2. The average Bonchev–Trinajstić information content (AvgIpc) is 3.29. The Morgan fingerprint density at radius 1 is 1.43 bits per heavy atom. The summed E-state index contributed by atoms with van der Waals surface area (Å²) in [5.41, 5.74) is 1.79. The minimum Gasteiger partial charge on any atom is -0.394 e. The van der Waals surface area contributed by atoms with Crippen LogP contribution in [0.5, 0.6) is 0 Å². The summed E-state index contributed by atoms with van der Waals surface area (Å²) >= 11 is 3.60. The van der Waals surface area contributed by atoms with Crippen LogP contribution in [0, 0.1) is 12.8 Å². The minimum atomic E-state index is -1.02. The summed E-state index contributed by atoms with van der Waals surface area (Å²) in [7, 11) is 1.78. The number of ether oxygens (including phenoxy) is 1. The predicted molar refractivity (Wildman–Crippen MR) is 109 cm³/mol. The lowest BCUT2D eigenvalue weighted by molar-refractivity contribution is -0.149. The number of aliphatic hydroxyl groups excluding tert-OH is 1. The van der Waals surface area contributed by atoms with Gasteiger partial charge < -0.3 is 19.6 Å². The van der Waals surface area contributed by atoms with Gasteiger partial charge in [-0.2, -0.15) is 0 Å². The van der Waals surface area contributed by atoms with Gasteiger partial charge in [-0.25, -0.2) is 0 Å². The molecule has 4 atom stereocenters. The van der Waals surface area contributed by atoms with Crippen LogP contribution in [0.4, 0.5) is 5.69 Å². The quantitative estimate of drug-likeness (QED) is 0.768. The summed E-state index contributed by atoms with van der Waals surface area (Å²) in [6.07, 6.45) is 2.38. The highest BCUT2D eigenvalue weighted by atomic mass is 79.9. The van der Waals surface area contributed by atoms with Gasteiger partial charge in [0.1, 0.15) is 0 Å². The normalized spacial score (nSPS) is 31.9. The van der Waals surface area contributed by atoms with E-state index in [4.69, 9.17) is 4.74 Å². The minimum absolute atomic E-state index is 0.00155. The van der Waals surface area contributed by atoms with Crippen molar-refractivity contribution < 1.29 is 19.4 Å². The molecule has 1 spiro atoms. The van der Waals surface area contributed by atoms with Crippen molar-refractivity contribution in [3.05, 3.63) is 27.7 Å². The Hall–Kier alpha value is -1.44. The number of amides is 2. The highest BCUT2D eigenvalue weighted by Crippen LogP contribution is 2.55. The summed E-state index contributed by atoms with van der Waals surface area (Å²) in [6.45, 7) is 4.73. The van der Waals surface area contributed by atoms with Gasteiger partial charge in [0, 0.05) is 29.5 Å². The molecule has 6 nitrogen and oxygen atoms in total. The highest BCUT2D eigenvalue weighted by Gasteiger charge is 2.60. The number of halogens is 1. The number of aryl methyl sites for hydroxylation is 1. The van der Waals surface area contributed by atoms with Crippen LogP contribution in [0.3, 0.4) is 0 Å². The Morgan fingerprint density at radius 3 is 2.89 bits per heavy atom. The molecule has 0 aliphatic carbocycles. The van der Waals surface area contributed by atoms with Gasteiger partial charge in [0.2, 0.25) is 5.91 Å². The molecule has 2 amide bonds. The number of hydrogen-bond donors (Lipinski definition) is 1. The van der Waals surface area contributed by atoms with Crippen LogP contribution < -0.4 is 4.90 Å². The molecule has 3 aliphatic rings. The standard InChI is InChI=1S/C21H27BrN2O4/c1-12-7-16-19(17(22)8-12)23(3)20(27)21(16)13(2)9-15(28-21)10-18(26)24-6-4-5-14(24)11-25/h7-8,13-15,25H,4-6,9-11H2,1-3H3/t13-,14-,15-,21+/m0/s1. The topological polar surface area (TPSA) is 70.1 Å². The third kappa shape index (κ3) is 2.82. The molecule has 2 fully saturated rings. The number of likely N-dealkylation sites (N-methyl/N-ethyl adjacent to an activating group) is 1. The van der Waals surface area contributed by atoms with Crippen molar-refractivity contribution in [3.8, 4) is 0 Å². The Labute approximate surface area is 174 Å². The van der Waals surface area contributed by atoms with Crippen LogP contribution in [-0.4, -0.2) is 54.2 Å².